The predicted octanol–water partition coefficient (Wildman–Crippen LogP) is -3.99. The summed E-state index contributed by atoms with van der Waals surface area (Å²) in [5.74, 6) is -0.803. The zero-order valence-corrected chi connectivity index (χ0v) is 23.4. The fourth-order valence-electron chi connectivity index (χ4n) is 5.35. The summed E-state index contributed by atoms with van der Waals surface area (Å²) in [6.45, 7) is 4.22. The van der Waals surface area contributed by atoms with Gasteiger partial charge in [0.25, 0.3) is 0 Å². The molecule has 3 rings (SSSR count). The maximum Gasteiger partial charge on any atom is 0.184 e. The lowest BCUT2D eigenvalue weighted by Crippen LogP contribution is -2.68. The van der Waals surface area contributed by atoms with Crippen LogP contribution in [0.4, 0.5) is 0 Å². The summed E-state index contributed by atoms with van der Waals surface area (Å²) >= 11 is 0. The zero-order valence-electron chi connectivity index (χ0n) is 23.4. The van der Waals surface area contributed by atoms with Crippen molar-refractivity contribution in [3.05, 3.63) is 0 Å². The number of hydrogen-bond donors (Lipinski definition) is 11. The van der Waals surface area contributed by atoms with Gasteiger partial charge in [-0.15, -0.1) is 0 Å². The molecule has 2 aliphatic heterocycles. The lowest BCUT2D eigenvalue weighted by molar-refractivity contribution is -0.313. The highest BCUT2D eigenvalue weighted by Crippen LogP contribution is 2.34. The van der Waals surface area contributed by atoms with Gasteiger partial charge in [-0.3, -0.25) is 5.41 Å². The van der Waals surface area contributed by atoms with E-state index in [9.17, 15) is 20.4 Å². The molecule has 15 nitrogen and oxygen atoms in total. The fraction of sp³-hybridized carbons (Fsp3) is 0.960. The molecule has 13 atom stereocenters. The van der Waals surface area contributed by atoms with Gasteiger partial charge >= 0.3 is 0 Å². The zero-order chi connectivity index (χ0) is 29.6. The third-order valence-electron chi connectivity index (χ3n) is 8.19. The van der Waals surface area contributed by atoms with E-state index in [1.54, 1.807) is 13.8 Å². The molecule has 0 aromatic carbocycles. The van der Waals surface area contributed by atoms with Crippen molar-refractivity contribution in [1.82, 2.24) is 10.6 Å². The van der Waals surface area contributed by atoms with Crippen LogP contribution in [0, 0.1) is 11.3 Å². The highest BCUT2D eigenvalue weighted by Gasteiger charge is 2.51. The van der Waals surface area contributed by atoms with Crippen LogP contribution in [0.1, 0.15) is 39.5 Å². The van der Waals surface area contributed by atoms with E-state index in [1.807, 2.05) is 0 Å². The molecule has 14 N–H and O–H groups in total. The van der Waals surface area contributed by atoms with Crippen LogP contribution in [0.2, 0.25) is 0 Å². The topological polar surface area (TPSA) is 264 Å². The van der Waals surface area contributed by atoms with E-state index in [4.69, 9.17) is 46.7 Å². The van der Waals surface area contributed by atoms with Crippen LogP contribution in [-0.4, -0.2) is 137 Å². The van der Waals surface area contributed by atoms with Gasteiger partial charge in [-0.1, -0.05) is 6.92 Å². The molecule has 1 aliphatic carbocycles. The van der Waals surface area contributed by atoms with Crippen molar-refractivity contribution in [3.8, 4) is 0 Å². The highest BCUT2D eigenvalue weighted by molar-refractivity contribution is 5.83. The molecule has 3 aliphatic rings. The van der Waals surface area contributed by atoms with Gasteiger partial charge < -0.3 is 72.3 Å². The summed E-state index contributed by atoms with van der Waals surface area (Å²) in [7, 11) is 0. The first-order valence-corrected chi connectivity index (χ1v) is 14.1. The molecule has 0 aromatic heterocycles. The minimum Gasteiger partial charge on any atom is -0.395 e. The number of amidine groups is 1. The van der Waals surface area contributed by atoms with Crippen LogP contribution in [0.25, 0.3) is 0 Å². The second-order valence-corrected chi connectivity index (χ2v) is 11.5. The van der Waals surface area contributed by atoms with Crippen LogP contribution in [0.3, 0.4) is 0 Å². The molecule has 0 aromatic rings. The molecule has 234 valence electrons. The summed E-state index contributed by atoms with van der Waals surface area (Å²) < 4.78 is 24.0. The normalized spacial score (nSPS) is 43.3. The van der Waals surface area contributed by atoms with Crippen molar-refractivity contribution in [2.75, 3.05) is 32.8 Å². The molecule has 2 saturated heterocycles. The largest absolute Gasteiger partial charge is 0.395 e. The van der Waals surface area contributed by atoms with Crippen molar-refractivity contribution in [3.63, 3.8) is 0 Å². The molecule has 40 heavy (non-hydrogen) atoms. The molecular formula is C25H50N6O9. The average Bonchev–Trinajstić information content (AvgIpc) is 2.90. The van der Waals surface area contributed by atoms with E-state index >= 15 is 0 Å². The molecule has 2 heterocycles. The Morgan fingerprint density at radius 3 is 2.50 bits per heavy atom. The summed E-state index contributed by atoms with van der Waals surface area (Å²) in [5, 5.41) is 66.4. The molecule has 0 bridgehead atoms. The SMILES string of the molecule is C[C@@H]1C(O)[C@@H](OC2C(O)C(O[C@H]3O[C@H](CNCCO)CCC3N)[C@@H](N)C[C@H]2NC(=N)C(O)CCN)OCC1(C)O. The number of nitrogens with one attached hydrogen (secondary N) is 3. The van der Waals surface area contributed by atoms with Crippen molar-refractivity contribution in [2.24, 2.45) is 23.1 Å². The highest BCUT2D eigenvalue weighted by atomic mass is 16.7. The molecule has 1 saturated carbocycles. The monoisotopic (exact) mass is 578 g/mol. The Labute approximate surface area is 235 Å². The van der Waals surface area contributed by atoms with Crippen LogP contribution >= 0.6 is 0 Å². The molecular weight excluding hydrogens is 528 g/mol. The number of hydrogen-bond acceptors (Lipinski definition) is 14. The summed E-state index contributed by atoms with van der Waals surface area (Å²) in [5.41, 5.74) is 17.0. The molecule has 0 radical (unpaired) electrons. The standard InChI is InChI=1S/C25H50N6O9/c1-12-18(34)24(37-11-25(12,2)36)40-21-16(31-22(29)17(33)5-6-26)9-15(28)20(19(21)35)39-23-14(27)4-3-13(38-23)10-30-7-8-32/h12-21,23-24,30,32-36H,3-11,26-28H2,1-2H3,(H2,29,31)/t12-,13+,14?,15+,16-,17?,18?,19?,20?,21?,23-,24-,25?/m1/s1. The molecule has 0 amide bonds. The Bertz CT molecular complexity index is 798. The molecule has 15 heteroatoms. The number of nitrogens with two attached hydrogens (primary N) is 3. The van der Waals surface area contributed by atoms with Gasteiger partial charge in [-0.2, -0.15) is 0 Å². The first-order valence-electron chi connectivity index (χ1n) is 14.1. The third kappa shape index (κ3) is 8.28. The van der Waals surface area contributed by atoms with Gasteiger partial charge in [-0.05, 0) is 39.2 Å². The smallest absolute Gasteiger partial charge is 0.184 e. The maximum absolute atomic E-state index is 11.5. The van der Waals surface area contributed by atoms with E-state index in [2.05, 4.69) is 10.6 Å². The maximum atomic E-state index is 11.5. The Balaban J connectivity index is 1.76. The number of rotatable bonds is 12. The van der Waals surface area contributed by atoms with E-state index in [0.717, 1.165) is 0 Å². The van der Waals surface area contributed by atoms with Crippen molar-refractivity contribution < 1.29 is 44.5 Å². The van der Waals surface area contributed by atoms with Crippen LogP contribution in [0.5, 0.6) is 0 Å². The van der Waals surface area contributed by atoms with E-state index in [-0.39, 0.29) is 44.5 Å². The number of aliphatic hydroxyl groups excluding tert-OH is 4. The van der Waals surface area contributed by atoms with Crippen molar-refractivity contribution in [2.45, 2.75) is 112 Å². The second kappa shape index (κ2) is 14.9. The van der Waals surface area contributed by atoms with Gasteiger partial charge in [0.05, 0.1) is 37.0 Å². The first kappa shape index (κ1) is 33.5. The second-order valence-electron chi connectivity index (χ2n) is 11.5. The Morgan fingerprint density at radius 1 is 1.12 bits per heavy atom. The van der Waals surface area contributed by atoms with Gasteiger partial charge in [0, 0.05) is 25.0 Å². The summed E-state index contributed by atoms with van der Waals surface area (Å²) in [4.78, 5) is 0. The fourth-order valence-corrected chi connectivity index (χ4v) is 5.35. The van der Waals surface area contributed by atoms with Crippen LogP contribution < -0.4 is 27.8 Å². The van der Waals surface area contributed by atoms with E-state index in [1.165, 1.54) is 0 Å². The Hall–Kier alpha value is -1.05. The molecule has 3 fully saturated rings. The van der Waals surface area contributed by atoms with Crippen molar-refractivity contribution >= 4 is 5.84 Å². The average molecular weight is 579 g/mol. The summed E-state index contributed by atoms with van der Waals surface area (Å²) in [6, 6.07) is -1.95. The van der Waals surface area contributed by atoms with Gasteiger partial charge in [-0.25, -0.2) is 0 Å². The Kier molecular flexibility index (Phi) is 12.5. The molecule has 7 unspecified atom stereocenters. The van der Waals surface area contributed by atoms with Crippen LogP contribution in [-0.2, 0) is 18.9 Å². The third-order valence-corrected chi connectivity index (χ3v) is 8.19. The summed E-state index contributed by atoms with van der Waals surface area (Å²) in [6.07, 6.45) is -6.40. The Morgan fingerprint density at radius 2 is 1.82 bits per heavy atom. The predicted molar refractivity (Wildman–Crippen MR) is 144 cm³/mol. The quantitative estimate of drug-likeness (QED) is 0.0599. The van der Waals surface area contributed by atoms with Crippen molar-refractivity contribution in [1.29, 1.82) is 5.41 Å². The minimum atomic E-state index is -1.36. The first-order chi connectivity index (χ1) is 18.9. The molecule has 0 spiro atoms. The number of ether oxygens (including phenoxy) is 4. The number of aliphatic hydroxyl groups is 5. The van der Waals surface area contributed by atoms with Crippen LogP contribution in [0.15, 0.2) is 0 Å². The lowest BCUT2D eigenvalue weighted by Gasteiger charge is -2.49. The van der Waals surface area contributed by atoms with Gasteiger partial charge in [0.15, 0.2) is 12.6 Å². The lowest BCUT2D eigenvalue weighted by atomic mass is 9.82. The van der Waals surface area contributed by atoms with E-state index in [0.29, 0.717) is 25.9 Å². The van der Waals surface area contributed by atoms with Gasteiger partial charge in [0.1, 0.15) is 36.4 Å². The minimum absolute atomic E-state index is 0.00230. The van der Waals surface area contributed by atoms with E-state index < -0.39 is 72.7 Å². The van der Waals surface area contributed by atoms with Gasteiger partial charge in [0.2, 0.25) is 0 Å².